The molecule has 0 saturated carbocycles. The molecule has 1 unspecified atom stereocenters. The smallest absolute Gasteiger partial charge is 0.252 e. The maximum absolute atomic E-state index is 13.5. The summed E-state index contributed by atoms with van der Waals surface area (Å²) in [7, 11) is -5.36. The fourth-order valence-corrected chi connectivity index (χ4v) is 2.91. The predicted octanol–water partition coefficient (Wildman–Crippen LogP) is 0.625. The van der Waals surface area contributed by atoms with Crippen LogP contribution in [0.5, 0.6) is 0 Å². The van der Waals surface area contributed by atoms with Gasteiger partial charge in [-0.1, -0.05) is 18.5 Å². The monoisotopic (exact) mass is 356 g/mol. The fourth-order valence-electron chi connectivity index (χ4n) is 1.44. The van der Waals surface area contributed by atoms with Crippen molar-refractivity contribution in [1.29, 1.82) is 0 Å². The lowest BCUT2D eigenvalue weighted by molar-refractivity contribution is 0.0956. The second-order valence-electron chi connectivity index (χ2n) is 4.00. The Hall–Kier alpha value is -1.03. The molecule has 0 aliphatic rings. The highest BCUT2D eigenvalue weighted by Crippen LogP contribution is 2.23. The first kappa shape index (κ1) is 18.0. The number of nitrogens with one attached hydrogen (secondary N) is 1. The van der Waals surface area contributed by atoms with Crippen molar-refractivity contribution in [1.82, 2.24) is 5.32 Å². The largest absolute Gasteiger partial charge is 0.351 e. The van der Waals surface area contributed by atoms with Crippen molar-refractivity contribution in [3.05, 3.63) is 28.5 Å². The number of sulfonamides is 1. The number of primary sulfonamides is 1. The SMILES string of the molecule is CCS(=O)CCNC(=O)c1cc(S(N)(=O)=O)c(F)cc1Cl. The highest BCUT2D eigenvalue weighted by atomic mass is 35.5. The molecule has 0 aromatic heterocycles. The minimum absolute atomic E-state index is 0.123. The average molecular weight is 357 g/mol. The van der Waals surface area contributed by atoms with Crippen LogP contribution in [-0.2, 0) is 20.8 Å². The first-order chi connectivity index (χ1) is 9.66. The van der Waals surface area contributed by atoms with Gasteiger partial charge in [0.15, 0.2) is 0 Å². The average Bonchev–Trinajstić information content (AvgIpc) is 2.36. The molecule has 118 valence electrons. The van der Waals surface area contributed by atoms with E-state index in [0.29, 0.717) is 11.8 Å². The van der Waals surface area contributed by atoms with Gasteiger partial charge in [-0.3, -0.25) is 9.00 Å². The first-order valence-corrected chi connectivity index (χ1v) is 9.23. The van der Waals surface area contributed by atoms with Crippen molar-refractivity contribution in [3.63, 3.8) is 0 Å². The highest BCUT2D eigenvalue weighted by molar-refractivity contribution is 7.89. The number of hydrogen-bond donors (Lipinski definition) is 2. The Labute approximate surface area is 129 Å². The maximum Gasteiger partial charge on any atom is 0.252 e. The number of rotatable bonds is 6. The molecule has 1 aromatic rings. The third-order valence-corrected chi connectivity index (χ3v) is 5.05. The Morgan fingerprint density at radius 3 is 2.62 bits per heavy atom. The van der Waals surface area contributed by atoms with Crippen LogP contribution in [0.2, 0.25) is 5.02 Å². The van der Waals surface area contributed by atoms with Crippen LogP contribution in [-0.4, -0.2) is 36.6 Å². The van der Waals surface area contributed by atoms with Gasteiger partial charge in [0.2, 0.25) is 10.0 Å². The normalized spacial score (nSPS) is 13.0. The van der Waals surface area contributed by atoms with Crippen LogP contribution >= 0.6 is 11.6 Å². The second kappa shape index (κ2) is 7.30. The van der Waals surface area contributed by atoms with Gasteiger partial charge in [0.25, 0.3) is 5.91 Å². The zero-order valence-corrected chi connectivity index (χ0v) is 13.4. The number of benzene rings is 1. The van der Waals surface area contributed by atoms with Gasteiger partial charge in [-0.25, -0.2) is 17.9 Å². The molecule has 0 saturated heterocycles. The number of amides is 1. The summed E-state index contributed by atoms with van der Waals surface area (Å²) < 4.78 is 47.1. The molecule has 6 nitrogen and oxygen atoms in total. The predicted molar refractivity (Wildman–Crippen MR) is 78.7 cm³/mol. The summed E-state index contributed by atoms with van der Waals surface area (Å²) in [5.41, 5.74) is -0.218. The summed E-state index contributed by atoms with van der Waals surface area (Å²) in [6, 6.07) is 1.49. The Kier molecular flexibility index (Phi) is 6.26. The molecule has 10 heteroatoms. The van der Waals surface area contributed by atoms with Gasteiger partial charge in [-0.15, -0.1) is 0 Å². The van der Waals surface area contributed by atoms with Gasteiger partial charge in [0.1, 0.15) is 10.7 Å². The lowest BCUT2D eigenvalue weighted by Crippen LogP contribution is -2.28. The van der Waals surface area contributed by atoms with Crippen LogP contribution in [0.15, 0.2) is 17.0 Å². The summed E-state index contributed by atoms with van der Waals surface area (Å²) in [4.78, 5) is 11.1. The molecule has 3 N–H and O–H groups in total. The van der Waals surface area contributed by atoms with Gasteiger partial charge in [-0.2, -0.15) is 0 Å². The number of nitrogens with two attached hydrogens (primary N) is 1. The van der Waals surface area contributed by atoms with E-state index in [2.05, 4.69) is 5.32 Å². The van der Waals surface area contributed by atoms with E-state index in [0.717, 1.165) is 6.07 Å². The second-order valence-corrected chi connectivity index (χ2v) is 7.80. The van der Waals surface area contributed by atoms with E-state index in [1.807, 2.05) is 0 Å². The van der Waals surface area contributed by atoms with E-state index in [1.54, 1.807) is 6.92 Å². The first-order valence-electron chi connectivity index (χ1n) is 5.81. The van der Waals surface area contributed by atoms with E-state index < -0.39 is 37.4 Å². The number of carbonyl (C=O) groups excluding carboxylic acids is 1. The Balaban J connectivity index is 2.97. The quantitative estimate of drug-likeness (QED) is 0.779. The van der Waals surface area contributed by atoms with Crippen LogP contribution in [0.1, 0.15) is 17.3 Å². The van der Waals surface area contributed by atoms with Gasteiger partial charge in [0, 0.05) is 28.9 Å². The van der Waals surface area contributed by atoms with Gasteiger partial charge < -0.3 is 5.32 Å². The van der Waals surface area contributed by atoms with E-state index in [4.69, 9.17) is 16.7 Å². The standard InChI is InChI=1S/C11H14ClFN2O4S2/c1-2-20(17)4-3-15-11(16)7-5-10(21(14,18)19)9(13)6-8(7)12/h5-6H,2-4H2,1H3,(H,15,16)(H2,14,18,19). The summed E-state index contributed by atoms with van der Waals surface area (Å²) in [5, 5.41) is 7.04. The molecule has 21 heavy (non-hydrogen) atoms. The number of halogens is 2. The van der Waals surface area contributed by atoms with Crippen LogP contribution in [0, 0.1) is 5.82 Å². The third-order valence-electron chi connectivity index (χ3n) is 2.51. The van der Waals surface area contributed by atoms with E-state index in [-0.39, 0.29) is 22.9 Å². The molecule has 1 aromatic carbocycles. The van der Waals surface area contributed by atoms with Crippen LogP contribution in [0.4, 0.5) is 4.39 Å². The van der Waals surface area contributed by atoms with Crippen LogP contribution in [0.3, 0.4) is 0 Å². The summed E-state index contributed by atoms with van der Waals surface area (Å²) >= 11 is 5.72. The third kappa shape index (κ3) is 5.03. The van der Waals surface area contributed by atoms with E-state index in [9.17, 15) is 21.8 Å². The molecule has 1 rings (SSSR count). The highest BCUT2D eigenvalue weighted by Gasteiger charge is 2.20. The molecular formula is C11H14ClFN2O4S2. The van der Waals surface area contributed by atoms with Gasteiger partial charge in [0.05, 0.1) is 10.6 Å². The Bertz CT molecular complexity index is 679. The lowest BCUT2D eigenvalue weighted by Gasteiger charge is -2.09. The van der Waals surface area contributed by atoms with Crippen molar-refractivity contribution in [2.45, 2.75) is 11.8 Å². The van der Waals surface area contributed by atoms with Gasteiger partial charge in [-0.05, 0) is 12.1 Å². The van der Waals surface area contributed by atoms with Crippen molar-refractivity contribution in [2.75, 3.05) is 18.1 Å². The molecule has 0 aliphatic carbocycles. The zero-order chi connectivity index (χ0) is 16.2. The van der Waals surface area contributed by atoms with Crippen molar-refractivity contribution in [2.24, 2.45) is 5.14 Å². The molecule has 0 heterocycles. The zero-order valence-electron chi connectivity index (χ0n) is 11.1. The Morgan fingerprint density at radius 2 is 2.10 bits per heavy atom. The van der Waals surface area contributed by atoms with Crippen molar-refractivity contribution in [3.8, 4) is 0 Å². The molecular weight excluding hydrogens is 343 g/mol. The molecule has 0 radical (unpaired) electrons. The minimum atomic E-state index is -4.31. The Morgan fingerprint density at radius 1 is 1.48 bits per heavy atom. The molecule has 0 fully saturated rings. The molecule has 0 bridgehead atoms. The summed E-state index contributed by atoms with van der Waals surface area (Å²) in [5.74, 6) is -1.12. The molecule has 0 spiro atoms. The van der Waals surface area contributed by atoms with Crippen LogP contribution < -0.4 is 10.5 Å². The van der Waals surface area contributed by atoms with E-state index >= 15 is 0 Å². The molecule has 1 amide bonds. The fraction of sp³-hybridized carbons (Fsp3) is 0.364. The van der Waals surface area contributed by atoms with Crippen molar-refractivity contribution < 1.29 is 21.8 Å². The summed E-state index contributed by atoms with van der Waals surface area (Å²) in [6.45, 7) is 1.87. The van der Waals surface area contributed by atoms with Gasteiger partial charge >= 0.3 is 0 Å². The molecule has 0 aliphatic heterocycles. The number of carbonyl (C=O) groups is 1. The van der Waals surface area contributed by atoms with Crippen LogP contribution in [0.25, 0.3) is 0 Å². The topological polar surface area (TPSA) is 106 Å². The number of hydrogen-bond acceptors (Lipinski definition) is 4. The van der Waals surface area contributed by atoms with Crippen molar-refractivity contribution >= 4 is 38.3 Å². The molecule has 1 atom stereocenters. The lowest BCUT2D eigenvalue weighted by atomic mass is 10.2. The minimum Gasteiger partial charge on any atom is -0.351 e. The van der Waals surface area contributed by atoms with E-state index in [1.165, 1.54) is 0 Å². The maximum atomic E-state index is 13.5. The summed E-state index contributed by atoms with van der Waals surface area (Å²) in [6.07, 6.45) is 0.